The fourth-order valence-corrected chi connectivity index (χ4v) is 3.91. The summed E-state index contributed by atoms with van der Waals surface area (Å²) in [5.74, 6) is 0.122. The van der Waals surface area contributed by atoms with E-state index < -0.39 is 11.8 Å². The van der Waals surface area contributed by atoms with E-state index in [4.69, 9.17) is 21.1 Å². The van der Waals surface area contributed by atoms with Gasteiger partial charge in [0.1, 0.15) is 17.2 Å². The fourth-order valence-electron chi connectivity index (χ4n) is 3.74. The van der Waals surface area contributed by atoms with Crippen molar-refractivity contribution in [2.24, 2.45) is 0 Å². The average molecular weight is 463 g/mol. The Morgan fingerprint density at radius 2 is 1.73 bits per heavy atom. The molecule has 0 aromatic heterocycles. The number of hydrogen-bond donors (Lipinski definition) is 1. The first-order valence-electron chi connectivity index (χ1n) is 10.5. The lowest BCUT2D eigenvalue weighted by Gasteiger charge is -2.17. The zero-order chi connectivity index (χ0) is 23.5. The van der Waals surface area contributed by atoms with Gasteiger partial charge in [0.05, 0.1) is 25.0 Å². The molecule has 3 aromatic carbocycles. The Labute approximate surface area is 197 Å². The second-order valence-electron chi connectivity index (χ2n) is 7.36. The predicted molar refractivity (Wildman–Crippen MR) is 130 cm³/mol. The van der Waals surface area contributed by atoms with Gasteiger partial charge in [-0.05, 0) is 49.7 Å². The molecule has 6 nitrogen and oxygen atoms in total. The van der Waals surface area contributed by atoms with Gasteiger partial charge in [0.15, 0.2) is 0 Å². The van der Waals surface area contributed by atoms with Crippen LogP contribution in [0.3, 0.4) is 0 Å². The highest BCUT2D eigenvalue weighted by Gasteiger charge is 2.41. The highest BCUT2D eigenvalue weighted by Crippen LogP contribution is 2.38. The van der Waals surface area contributed by atoms with Crippen molar-refractivity contribution in [3.05, 3.63) is 88.6 Å². The molecule has 4 rings (SSSR count). The van der Waals surface area contributed by atoms with Gasteiger partial charge in [-0.3, -0.25) is 9.59 Å². The van der Waals surface area contributed by atoms with Crippen LogP contribution in [0.2, 0.25) is 5.02 Å². The first kappa shape index (κ1) is 22.4. The van der Waals surface area contributed by atoms with Crippen molar-refractivity contribution in [2.75, 3.05) is 23.9 Å². The topological polar surface area (TPSA) is 67.9 Å². The maximum absolute atomic E-state index is 13.7. The third-order valence-corrected chi connectivity index (χ3v) is 5.78. The van der Waals surface area contributed by atoms with Crippen LogP contribution in [-0.2, 0) is 9.59 Å². The summed E-state index contributed by atoms with van der Waals surface area (Å²) < 4.78 is 11.1. The van der Waals surface area contributed by atoms with Crippen molar-refractivity contribution < 1.29 is 19.1 Å². The minimum absolute atomic E-state index is 0.150. The highest BCUT2D eigenvalue weighted by molar-refractivity contribution is 6.46. The van der Waals surface area contributed by atoms with E-state index in [1.54, 1.807) is 54.6 Å². The molecule has 2 amide bonds. The summed E-state index contributed by atoms with van der Waals surface area (Å²) in [5, 5.41) is 3.72. The normalized spacial score (nSPS) is 13.5. The number of nitrogens with zero attached hydrogens (tertiary/aromatic N) is 1. The van der Waals surface area contributed by atoms with Crippen LogP contribution >= 0.6 is 11.6 Å². The molecule has 1 aliphatic heterocycles. The number of anilines is 2. The van der Waals surface area contributed by atoms with E-state index in [9.17, 15) is 9.59 Å². The lowest BCUT2D eigenvalue weighted by Crippen LogP contribution is -2.32. The number of halogens is 1. The molecule has 0 radical (unpaired) electrons. The molecule has 0 atom stereocenters. The number of methoxy groups -OCH3 is 1. The van der Waals surface area contributed by atoms with Crippen LogP contribution in [0.1, 0.15) is 18.1 Å². The number of para-hydroxylation sites is 1. The monoisotopic (exact) mass is 462 g/mol. The van der Waals surface area contributed by atoms with Crippen LogP contribution in [-0.4, -0.2) is 25.5 Å². The van der Waals surface area contributed by atoms with Gasteiger partial charge in [0.25, 0.3) is 11.8 Å². The molecule has 0 aliphatic carbocycles. The SMILES string of the molecule is CCOc1cccc(N2C(=O)C(Nc3cccc(Cl)c3C)=C(c3ccccc3OC)C2=O)c1. The average Bonchev–Trinajstić information content (AvgIpc) is 3.06. The Kier molecular flexibility index (Phi) is 6.38. The predicted octanol–water partition coefficient (Wildman–Crippen LogP) is 5.45. The first-order valence-corrected chi connectivity index (χ1v) is 10.9. The zero-order valence-corrected chi connectivity index (χ0v) is 19.3. The molecule has 7 heteroatoms. The van der Waals surface area contributed by atoms with E-state index >= 15 is 0 Å². The Morgan fingerprint density at radius 3 is 2.48 bits per heavy atom. The minimum atomic E-state index is -0.478. The van der Waals surface area contributed by atoms with Crippen LogP contribution < -0.4 is 19.7 Å². The van der Waals surface area contributed by atoms with Gasteiger partial charge in [0.2, 0.25) is 0 Å². The van der Waals surface area contributed by atoms with Crippen molar-refractivity contribution in [1.82, 2.24) is 0 Å². The molecule has 1 heterocycles. The van der Waals surface area contributed by atoms with Crippen LogP contribution in [0.25, 0.3) is 5.57 Å². The van der Waals surface area contributed by atoms with E-state index in [1.165, 1.54) is 7.11 Å². The summed E-state index contributed by atoms with van der Waals surface area (Å²) >= 11 is 6.28. The molecule has 1 aliphatic rings. The molecule has 0 spiro atoms. The minimum Gasteiger partial charge on any atom is -0.496 e. The smallest absolute Gasteiger partial charge is 0.282 e. The standard InChI is InChI=1S/C26H23ClN2O4/c1-4-33-18-10-7-9-17(15-18)29-25(30)23(19-11-5-6-14-22(19)32-3)24(26(29)31)28-21-13-8-12-20(27)16(21)2/h5-15,28H,4H2,1-3H3. The second kappa shape index (κ2) is 9.38. The van der Waals surface area contributed by atoms with E-state index in [2.05, 4.69) is 5.32 Å². The van der Waals surface area contributed by atoms with Crippen molar-refractivity contribution >= 4 is 40.4 Å². The summed E-state index contributed by atoms with van der Waals surface area (Å²) in [5.41, 5.74) is 2.71. The summed E-state index contributed by atoms with van der Waals surface area (Å²) in [6.45, 7) is 4.19. The lowest BCUT2D eigenvalue weighted by atomic mass is 10.0. The number of rotatable bonds is 7. The van der Waals surface area contributed by atoms with Gasteiger partial charge >= 0.3 is 0 Å². The molecule has 168 valence electrons. The van der Waals surface area contributed by atoms with Gasteiger partial charge in [0, 0.05) is 22.3 Å². The number of hydrogen-bond acceptors (Lipinski definition) is 5. The molecule has 0 fully saturated rings. The molecule has 1 N–H and O–H groups in total. The number of carbonyl (C=O) groups is 2. The van der Waals surface area contributed by atoms with Gasteiger partial charge in [-0.25, -0.2) is 4.90 Å². The Morgan fingerprint density at radius 1 is 0.970 bits per heavy atom. The fraction of sp³-hybridized carbons (Fsp3) is 0.154. The van der Waals surface area contributed by atoms with Gasteiger partial charge in [-0.1, -0.05) is 41.9 Å². The largest absolute Gasteiger partial charge is 0.496 e. The summed E-state index contributed by atoms with van der Waals surface area (Å²) in [7, 11) is 1.53. The second-order valence-corrected chi connectivity index (χ2v) is 7.77. The lowest BCUT2D eigenvalue weighted by molar-refractivity contribution is -0.120. The number of imide groups is 1. The van der Waals surface area contributed by atoms with Crippen molar-refractivity contribution in [3.63, 3.8) is 0 Å². The van der Waals surface area contributed by atoms with Crippen LogP contribution in [0.15, 0.2) is 72.4 Å². The molecule has 0 saturated heterocycles. The Bertz CT molecular complexity index is 1270. The third kappa shape index (κ3) is 4.17. The van der Waals surface area contributed by atoms with E-state index in [-0.39, 0.29) is 11.3 Å². The van der Waals surface area contributed by atoms with Crippen molar-refractivity contribution in [3.8, 4) is 11.5 Å². The van der Waals surface area contributed by atoms with Crippen molar-refractivity contribution in [1.29, 1.82) is 0 Å². The maximum Gasteiger partial charge on any atom is 0.282 e. The summed E-state index contributed by atoms with van der Waals surface area (Å²) in [4.78, 5) is 28.5. The Balaban J connectivity index is 1.86. The highest BCUT2D eigenvalue weighted by atomic mass is 35.5. The number of carbonyl (C=O) groups excluding carboxylic acids is 2. The van der Waals surface area contributed by atoms with Crippen molar-refractivity contribution in [2.45, 2.75) is 13.8 Å². The first-order chi connectivity index (χ1) is 16.0. The van der Waals surface area contributed by atoms with E-state index in [0.717, 1.165) is 10.5 Å². The quantitative estimate of drug-likeness (QED) is 0.473. The number of ether oxygens (including phenoxy) is 2. The van der Waals surface area contributed by atoms with Crippen LogP contribution in [0.4, 0.5) is 11.4 Å². The molecule has 0 bridgehead atoms. The number of benzene rings is 3. The number of amides is 2. The summed E-state index contributed by atoms with van der Waals surface area (Å²) in [6, 6.07) is 19.4. The van der Waals surface area contributed by atoms with Gasteiger partial charge < -0.3 is 14.8 Å². The molecular formula is C26H23ClN2O4. The zero-order valence-electron chi connectivity index (χ0n) is 18.5. The van der Waals surface area contributed by atoms with Gasteiger partial charge in [-0.15, -0.1) is 0 Å². The summed E-state index contributed by atoms with van der Waals surface area (Å²) in [6.07, 6.45) is 0. The van der Waals surface area contributed by atoms with Gasteiger partial charge in [-0.2, -0.15) is 0 Å². The van der Waals surface area contributed by atoms with Crippen LogP contribution in [0.5, 0.6) is 11.5 Å². The molecular weight excluding hydrogens is 440 g/mol. The molecule has 3 aromatic rings. The van der Waals surface area contributed by atoms with E-state index in [1.807, 2.05) is 26.0 Å². The third-order valence-electron chi connectivity index (χ3n) is 5.37. The van der Waals surface area contributed by atoms with Crippen LogP contribution in [0, 0.1) is 6.92 Å². The molecule has 33 heavy (non-hydrogen) atoms. The molecule has 0 saturated carbocycles. The molecule has 0 unspecified atom stereocenters. The van der Waals surface area contributed by atoms with E-state index in [0.29, 0.717) is 40.1 Å². The maximum atomic E-state index is 13.7. The Hall–Kier alpha value is -3.77. The number of nitrogens with one attached hydrogen (secondary N) is 1.